The number of carboxylic acids is 1. The van der Waals surface area contributed by atoms with Crippen molar-refractivity contribution in [1.29, 1.82) is 0 Å². The highest BCUT2D eigenvalue weighted by Gasteiger charge is 2.50. The van der Waals surface area contributed by atoms with E-state index in [9.17, 15) is 9.59 Å². The van der Waals surface area contributed by atoms with E-state index in [4.69, 9.17) is 5.11 Å². The minimum Gasteiger partial charge on any atom is -0.481 e. The summed E-state index contributed by atoms with van der Waals surface area (Å²) < 4.78 is 0. The number of hydrogen-bond acceptors (Lipinski definition) is 2. The van der Waals surface area contributed by atoms with E-state index in [0.29, 0.717) is 0 Å². The van der Waals surface area contributed by atoms with Crippen molar-refractivity contribution in [3.8, 4) is 0 Å². The molecule has 0 aliphatic heterocycles. The van der Waals surface area contributed by atoms with Crippen molar-refractivity contribution in [3.05, 3.63) is 0 Å². The summed E-state index contributed by atoms with van der Waals surface area (Å²) in [5.41, 5.74) is -0.121. The quantitative estimate of drug-likeness (QED) is 0.726. The number of carbonyl (C=O) groups is 2. The molecular formula is C10H16O3. The molecule has 0 bridgehead atoms. The molecule has 0 aromatic heterocycles. The third-order valence-electron chi connectivity index (χ3n) is 3.38. The summed E-state index contributed by atoms with van der Waals surface area (Å²) >= 11 is 0. The number of aliphatic carboxylic acids is 1. The summed E-state index contributed by atoms with van der Waals surface area (Å²) in [5, 5.41) is 8.62. The molecule has 1 aliphatic carbocycles. The van der Waals surface area contributed by atoms with Crippen molar-refractivity contribution in [2.75, 3.05) is 0 Å². The van der Waals surface area contributed by atoms with E-state index in [1.54, 1.807) is 6.92 Å². The van der Waals surface area contributed by atoms with Gasteiger partial charge in [0.05, 0.1) is 0 Å². The maximum Gasteiger partial charge on any atom is 0.303 e. The van der Waals surface area contributed by atoms with E-state index < -0.39 is 5.97 Å². The Morgan fingerprint density at radius 3 is 2.31 bits per heavy atom. The Labute approximate surface area is 78.1 Å². The molecule has 1 N–H and O–H groups in total. The fourth-order valence-electron chi connectivity index (χ4n) is 2.26. The van der Waals surface area contributed by atoms with Crippen LogP contribution in [0.1, 0.15) is 33.6 Å². The number of carboxylic acid groups (broad SMARTS) is 1. The van der Waals surface area contributed by atoms with E-state index in [1.165, 1.54) is 0 Å². The lowest BCUT2D eigenvalue weighted by Gasteiger charge is -2.50. The van der Waals surface area contributed by atoms with Crippen LogP contribution in [0.3, 0.4) is 0 Å². The molecule has 0 heterocycles. The molecule has 0 saturated heterocycles. The van der Waals surface area contributed by atoms with Gasteiger partial charge in [0.15, 0.2) is 0 Å². The molecule has 3 heteroatoms. The van der Waals surface area contributed by atoms with Crippen LogP contribution in [-0.2, 0) is 9.59 Å². The maximum absolute atomic E-state index is 11.1. The molecule has 0 radical (unpaired) electrons. The molecule has 13 heavy (non-hydrogen) atoms. The van der Waals surface area contributed by atoms with Gasteiger partial charge < -0.3 is 5.11 Å². The molecule has 2 atom stereocenters. The molecule has 0 amide bonds. The fourth-order valence-corrected chi connectivity index (χ4v) is 2.26. The number of hydrogen-bond donors (Lipinski definition) is 1. The normalized spacial score (nSPS) is 30.7. The Hall–Kier alpha value is -0.860. The SMILES string of the molecule is CC(=O)[C@H]1CC(CC(=O)O)C1(C)C. The zero-order chi connectivity index (χ0) is 10.2. The fraction of sp³-hybridized carbons (Fsp3) is 0.800. The van der Waals surface area contributed by atoms with Gasteiger partial charge in [-0.05, 0) is 24.7 Å². The van der Waals surface area contributed by atoms with Gasteiger partial charge in [-0.2, -0.15) is 0 Å². The summed E-state index contributed by atoms with van der Waals surface area (Å²) in [5.74, 6) is -0.345. The van der Waals surface area contributed by atoms with E-state index in [-0.39, 0.29) is 29.5 Å². The minimum atomic E-state index is -0.764. The van der Waals surface area contributed by atoms with Gasteiger partial charge in [0.2, 0.25) is 0 Å². The lowest BCUT2D eigenvalue weighted by Crippen LogP contribution is -2.48. The van der Waals surface area contributed by atoms with Gasteiger partial charge in [0.1, 0.15) is 5.78 Å². The van der Waals surface area contributed by atoms with Crippen LogP contribution in [0, 0.1) is 17.3 Å². The summed E-state index contributed by atoms with van der Waals surface area (Å²) in [6.07, 6.45) is 0.936. The topological polar surface area (TPSA) is 54.4 Å². The molecule has 0 aromatic carbocycles. The van der Waals surface area contributed by atoms with Crippen LogP contribution < -0.4 is 0 Å². The standard InChI is InChI=1S/C10H16O3/c1-6(11)8-4-7(5-9(12)13)10(8,2)3/h7-8H,4-5H2,1-3H3,(H,12,13)/t7?,8-/m1/s1. The largest absolute Gasteiger partial charge is 0.481 e. The second-order valence-electron chi connectivity index (χ2n) is 4.52. The lowest BCUT2D eigenvalue weighted by atomic mass is 9.53. The van der Waals surface area contributed by atoms with E-state index in [2.05, 4.69) is 0 Å². The van der Waals surface area contributed by atoms with Crippen LogP contribution in [0.4, 0.5) is 0 Å². The Morgan fingerprint density at radius 1 is 1.46 bits per heavy atom. The van der Waals surface area contributed by atoms with Crippen LogP contribution in [0.2, 0.25) is 0 Å². The Bertz CT molecular complexity index is 243. The number of ketones is 1. The number of carbonyl (C=O) groups excluding carboxylic acids is 1. The van der Waals surface area contributed by atoms with Crippen LogP contribution in [0.15, 0.2) is 0 Å². The maximum atomic E-state index is 11.1. The highest BCUT2D eigenvalue weighted by Crippen LogP contribution is 2.53. The third kappa shape index (κ3) is 1.74. The summed E-state index contributed by atoms with van der Waals surface area (Å²) in [4.78, 5) is 21.6. The van der Waals surface area contributed by atoms with Crippen molar-refractivity contribution < 1.29 is 14.7 Å². The second-order valence-corrected chi connectivity index (χ2v) is 4.52. The van der Waals surface area contributed by atoms with Crippen LogP contribution >= 0.6 is 0 Å². The molecule has 74 valence electrons. The molecule has 0 spiro atoms. The van der Waals surface area contributed by atoms with Crippen molar-refractivity contribution in [1.82, 2.24) is 0 Å². The molecule has 3 nitrogen and oxygen atoms in total. The van der Waals surface area contributed by atoms with Gasteiger partial charge in [-0.1, -0.05) is 13.8 Å². The molecule has 1 saturated carbocycles. The van der Waals surface area contributed by atoms with Gasteiger partial charge in [-0.25, -0.2) is 0 Å². The Morgan fingerprint density at radius 2 is 2.00 bits per heavy atom. The number of rotatable bonds is 3. The zero-order valence-electron chi connectivity index (χ0n) is 8.33. The average Bonchev–Trinajstić information content (AvgIpc) is 1.96. The molecule has 1 fully saturated rings. The third-order valence-corrected chi connectivity index (χ3v) is 3.38. The highest BCUT2D eigenvalue weighted by atomic mass is 16.4. The smallest absolute Gasteiger partial charge is 0.303 e. The van der Waals surface area contributed by atoms with Gasteiger partial charge in [-0.15, -0.1) is 0 Å². The van der Waals surface area contributed by atoms with Crippen molar-refractivity contribution in [2.24, 2.45) is 17.3 Å². The predicted molar refractivity (Wildman–Crippen MR) is 48.3 cm³/mol. The van der Waals surface area contributed by atoms with Crippen LogP contribution in [0.25, 0.3) is 0 Å². The van der Waals surface area contributed by atoms with Gasteiger partial charge in [-0.3, -0.25) is 9.59 Å². The highest BCUT2D eigenvalue weighted by molar-refractivity contribution is 5.80. The average molecular weight is 184 g/mol. The molecule has 1 rings (SSSR count). The van der Waals surface area contributed by atoms with E-state index >= 15 is 0 Å². The van der Waals surface area contributed by atoms with Crippen molar-refractivity contribution in [3.63, 3.8) is 0 Å². The van der Waals surface area contributed by atoms with Crippen LogP contribution in [-0.4, -0.2) is 16.9 Å². The second kappa shape index (κ2) is 3.13. The van der Waals surface area contributed by atoms with E-state index in [1.807, 2.05) is 13.8 Å². The molecule has 1 unspecified atom stereocenters. The Kier molecular flexibility index (Phi) is 2.46. The predicted octanol–water partition coefficient (Wildman–Crippen LogP) is 1.71. The summed E-state index contributed by atoms with van der Waals surface area (Å²) in [6, 6.07) is 0. The monoisotopic (exact) mass is 184 g/mol. The minimum absolute atomic E-state index is 0.0665. The van der Waals surface area contributed by atoms with Gasteiger partial charge >= 0.3 is 5.97 Å². The molecule has 1 aliphatic rings. The van der Waals surface area contributed by atoms with E-state index in [0.717, 1.165) is 6.42 Å². The zero-order valence-corrected chi connectivity index (χ0v) is 8.33. The van der Waals surface area contributed by atoms with Gasteiger partial charge in [0, 0.05) is 12.3 Å². The number of Topliss-reactive ketones (excluding diaryl/α,β-unsaturated/α-hetero) is 1. The first kappa shape index (κ1) is 10.2. The van der Waals surface area contributed by atoms with Gasteiger partial charge in [0.25, 0.3) is 0 Å². The summed E-state index contributed by atoms with van der Waals surface area (Å²) in [6.45, 7) is 5.55. The first-order valence-electron chi connectivity index (χ1n) is 4.58. The Balaban J connectivity index is 2.59. The molecule has 0 aromatic rings. The first-order chi connectivity index (χ1) is 5.85. The van der Waals surface area contributed by atoms with Crippen molar-refractivity contribution in [2.45, 2.75) is 33.6 Å². The van der Waals surface area contributed by atoms with Crippen LogP contribution in [0.5, 0.6) is 0 Å². The van der Waals surface area contributed by atoms with Crippen molar-refractivity contribution >= 4 is 11.8 Å². The molecular weight excluding hydrogens is 168 g/mol. The first-order valence-corrected chi connectivity index (χ1v) is 4.58. The lowest BCUT2D eigenvalue weighted by molar-refractivity contribution is -0.149. The summed E-state index contributed by atoms with van der Waals surface area (Å²) in [7, 11) is 0.